The van der Waals surface area contributed by atoms with Crippen LogP contribution < -0.4 is 4.74 Å². The van der Waals surface area contributed by atoms with Crippen LogP contribution in [0.1, 0.15) is 16.9 Å². The summed E-state index contributed by atoms with van der Waals surface area (Å²) >= 11 is 5.00. The van der Waals surface area contributed by atoms with Crippen LogP contribution in [0.5, 0.6) is 5.75 Å². The molecule has 0 spiro atoms. The van der Waals surface area contributed by atoms with Crippen LogP contribution in [0.25, 0.3) is 0 Å². The van der Waals surface area contributed by atoms with Gasteiger partial charge in [0.2, 0.25) is 0 Å². The first-order valence-electron chi connectivity index (χ1n) is 6.09. The van der Waals surface area contributed by atoms with E-state index in [0.717, 1.165) is 20.0 Å². The molecule has 0 aliphatic heterocycles. The number of ketones is 1. The Labute approximate surface area is 125 Å². The van der Waals surface area contributed by atoms with Gasteiger partial charge in [-0.15, -0.1) is 11.3 Å². The minimum absolute atomic E-state index is 0.210. The predicted molar refractivity (Wildman–Crippen MR) is 82.0 cm³/mol. The smallest absolute Gasteiger partial charge is 0.141 e. The van der Waals surface area contributed by atoms with E-state index in [-0.39, 0.29) is 5.78 Å². The molecule has 0 bridgehead atoms. The Morgan fingerprint density at radius 2 is 2.16 bits per heavy atom. The van der Waals surface area contributed by atoms with Crippen LogP contribution in [0.15, 0.2) is 40.2 Å². The summed E-state index contributed by atoms with van der Waals surface area (Å²) in [6.45, 7) is 2.46. The molecule has 0 N–H and O–H groups in total. The molecule has 100 valence electrons. The van der Waals surface area contributed by atoms with Crippen molar-refractivity contribution in [3.8, 4) is 5.75 Å². The highest BCUT2D eigenvalue weighted by Crippen LogP contribution is 2.22. The highest BCUT2D eigenvalue weighted by molar-refractivity contribution is 9.11. The molecule has 2 rings (SSSR count). The van der Waals surface area contributed by atoms with Crippen LogP contribution in [0, 0.1) is 6.92 Å². The Bertz CT molecular complexity index is 563. The van der Waals surface area contributed by atoms with Gasteiger partial charge in [-0.25, -0.2) is 0 Å². The van der Waals surface area contributed by atoms with Crippen LogP contribution >= 0.6 is 27.3 Å². The zero-order valence-corrected chi connectivity index (χ0v) is 13.1. The number of carbonyl (C=O) groups is 1. The first kappa shape index (κ1) is 14.3. The standard InChI is InChI=1S/C15H15BrO2S/c1-11-3-2-4-13(9-11)18-8-7-12(17)10-14-5-6-15(16)19-14/h2-6,9H,7-8,10H2,1H3. The number of hydrogen-bond donors (Lipinski definition) is 0. The van der Waals surface area contributed by atoms with E-state index in [9.17, 15) is 4.79 Å². The van der Waals surface area contributed by atoms with Gasteiger partial charge in [-0.2, -0.15) is 0 Å². The number of benzene rings is 1. The van der Waals surface area contributed by atoms with Crippen molar-refractivity contribution in [3.05, 3.63) is 50.6 Å². The predicted octanol–water partition coefficient (Wildman–Crippen LogP) is 4.40. The van der Waals surface area contributed by atoms with E-state index < -0.39 is 0 Å². The molecule has 0 amide bonds. The average molecular weight is 339 g/mol. The summed E-state index contributed by atoms with van der Waals surface area (Å²) in [4.78, 5) is 12.9. The molecule has 0 saturated carbocycles. The number of hydrogen-bond acceptors (Lipinski definition) is 3. The van der Waals surface area contributed by atoms with E-state index in [1.54, 1.807) is 11.3 Å². The van der Waals surface area contributed by atoms with E-state index in [1.165, 1.54) is 0 Å². The van der Waals surface area contributed by atoms with Crippen molar-refractivity contribution in [1.82, 2.24) is 0 Å². The molecule has 0 atom stereocenters. The van der Waals surface area contributed by atoms with Gasteiger partial charge in [-0.1, -0.05) is 12.1 Å². The second kappa shape index (κ2) is 6.87. The van der Waals surface area contributed by atoms with Gasteiger partial charge in [-0.05, 0) is 52.7 Å². The van der Waals surface area contributed by atoms with Gasteiger partial charge in [0.05, 0.1) is 10.4 Å². The molecule has 2 nitrogen and oxygen atoms in total. The van der Waals surface area contributed by atoms with Crippen molar-refractivity contribution < 1.29 is 9.53 Å². The Hall–Kier alpha value is -1.13. The van der Waals surface area contributed by atoms with Crippen LogP contribution in [0.3, 0.4) is 0 Å². The van der Waals surface area contributed by atoms with Gasteiger partial charge >= 0.3 is 0 Å². The van der Waals surface area contributed by atoms with E-state index >= 15 is 0 Å². The molecule has 4 heteroatoms. The number of halogens is 1. The van der Waals surface area contributed by atoms with E-state index in [2.05, 4.69) is 15.9 Å². The van der Waals surface area contributed by atoms with E-state index in [0.29, 0.717) is 19.4 Å². The topological polar surface area (TPSA) is 26.3 Å². The first-order valence-corrected chi connectivity index (χ1v) is 7.70. The van der Waals surface area contributed by atoms with Crippen molar-refractivity contribution >= 4 is 33.0 Å². The maximum Gasteiger partial charge on any atom is 0.141 e. The maximum atomic E-state index is 11.8. The SMILES string of the molecule is Cc1cccc(OCCC(=O)Cc2ccc(Br)s2)c1. The normalized spacial score (nSPS) is 10.4. The fourth-order valence-electron chi connectivity index (χ4n) is 1.72. The third-order valence-electron chi connectivity index (χ3n) is 2.64. The van der Waals surface area contributed by atoms with Gasteiger partial charge in [0.15, 0.2) is 0 Å². The second-order valence-corrected chi connectivity index (χ2v) is 6.88. The highest BCUT2D eigenvalue weighted by Gasteiger charge is 2.06. The molecule has 0 saturated heterocycles. The monoisotopic (exact) mass is 338 g/mol. The van der Waals surface area contributed by atoms with Crippen molar-refractivity contribution in [2.24, 2.45) is 0 Å². The lowest BCUT2D eigenvalue weighted by molar-refractivity contribution is -0.118. The summed E-state index contributed by atoms with van der Waals surface area (Å²) in [6, 6.07) is 11.8. The third-order valence-corrected chi connectivity index (χ3v) is 4.26. The molecule has 1 heterocycles. The summed E-state index contributed by atoms with van der Waals surface area (Å²) in [7, 11) is 0. The fourth-order valence-corrected chi connectivity index (χ4v) is 3.23. The lowest BCUT2D eigenvalue weighted by Crippen LogP contribution is -2.08. The lowest BCUT2D eigenvalue weighted by Gasteiger charge is -2.06. The molecule has 0 aliphatic rings. The van der Waals surface area contributed by atoms with Crippen molar-refractivity contribution in [1.29, 1.82) is 0 Å². The van der Waals surface area contributed by atoms with Crippen molar-refractivity contribution in [3.63, 3.8) is 0 Å². The van der Waals surface area contributed by atoms with E-state index in [4.69, 9.17) is 4.74 Å². The number of carbonyl (C=O) groups excluding carboxylic acids is 1. The van der Waals surface area contributed by atoms with Crippen molar-refractivity contribution in [2.75, 3.05) is 6.61 Å². The fraction of sp³-hybridized carbons (Fsp3) is 0.267. The van der Waals surface area contributed by atoms with Gasteiger partial charge in [0.1, 0.15) is 11.5 Å². The molecule has 0 radical (unpaired) electrons. The molecule has 19 heavy (non-hydrogen) atoms. The summed E-state index contributed by atoms with van der Waals surface area (Å²) in [5.74, 6) is 1.04. The highest BCUT2D eigenvalue weighted by atomic mass is 79.9. The number of aryl methyl sites for hydroxylation is 1. The average Bonchev–Trinajstić information content (AvgIpc) is 2.75. The quantitative estimate of drug-likeness (QED) is 0.780. The zero-order chi connectivity index (χ0) is 13.7. The third kappa shape index (κ3) is 4.80. The molecule has 0 fully saturated rings. The van der Waals surface area contributed by atoms with E-state index in [1.807, 2.05) is 43.3 Å². The molecule has 2 aromatic rings. The maximum absolute atomic E-state index is 11.8. The Kier molecular flexibility index (Phi) is 5.16. The molecule has 1 aromatic heterocycles. The molecular formula is C15H15BrO2S. The van der Waals surface area contributed by atoms with Crippen LogP contribution in [-0.4, -0.2) is 12.4 Å². The second-order valence-electron chi connectivity index (χ2n) is 4.34. The van der Waals surface area contributed by atoms with Crippen LogP contribution in [0.2, 0.25) is 0 Å². The first-order chi connectivity index (χ1) is 9.13. The van der Waals surface area contributed by atoms with Crippen molar-refractivity contribution in [2.45, 2.75) is 19.8 Å². The van der Waals surface area contributed by atoms with Gasteiger partial charge in [0, 0.05) is 17.7 Å². The van der Waals surface area contributed by atoms with Gasteiger partial charge in [-0.3, -0.25) is 4.79 Å². The summed E-state index contributed by atoms with van der Waals surface area (Å²) in [5, 5.41) is 0. The Morgan fingerprint density at radius 1 is 1.32 bits per heavy atom. The number of thiophene rings is 1. The minimum atomic E-state index is 0.210. The number of rotatable bonds is 6. The summed E-state index contributed by atoms with van der Waals surface area (Å²) < 4.78 is 6.64. The summed E-state index contributed by atoms with van der Waals surface area (Å²) in [6.07, 6.45) is 0.941. The molecular weight excluding hydrogens is 324 g/mol. The Balaban J connectivity index is 1.75. The van der Waals surface area contributed by atoms with Crippen LogP contribution in [0.4, 0.5) is 0 Å². The van der Waals surface area contributed by atoms with Gasteiger partial charge < -0.3 is 4.74 Å². The number of Topliss-reactive ketones (excluding diaryl/α,β-unsaturated/α-hetero) is 1. The zero-order valence-electron chi connectivity index (χ0n) is 10.7. The summed E-state index contributed by atoms with van der Waals surface area (Å²) in [5.41, 5.74) is 1.16. The minimum Gasteiger partial charge on any atom is -0.493 e. The van der Waals surface area contributed by atoms with Gasteiger partial charge in [0.25, 0.3) is 0 Å². The lowest BCUT2D eigenvalue weighted by atomic mass is 10.2. The number of ether oxygens (including phenoxy) is 1. The molecule has 0 unspecified atom stereocenters. The molecule has 1 aromatic carbocycles. The van der Waals surface area contributed by atoms with Crippen LogP contribution in [-0.2, 0) is 11.2 Å². The molecule has 0 aliphatic carbocycles. The largest absolute Gasteiger partial charge is 0.493 e. The Morgan fingerprint density at radius 3 is 2.84 bits per heavy atom.